The molecule has 15 heavy (non-hydrogen) atoms. The molecule has 1 saturated heterocycles. The Morgan fingerprint density at radius 2 is 2.00 bits per heavy atom. The van der Waals surface area contributed by atoms with E-state index < -0.39 is 8.07 Å². The number of hydrogen-bond acceptors (Lipinski definition) is 1. The molecule has 0 unspecified atom stereocenters. The van der Waals surface area contributed by atoms with Crippen LogP contribution in [-0.4, -0.2) is 20.7 Å². The highest BCUT2D eigenvalue weighted by Crippen LogP contribution is 2.32. The summed E-state index contributed by atoms with van der Waals surface area (Å²) < 4.78 is 0. The Hall–Kier alpha value is -0.0831. The third-order valence-electron chi connectivity index (χ3n) is 3.27. The maximum Gasteiger partial charge on any atom is 0.0483 e. The van der Waals surface area contributed by atoms with Crippen LogP contribution in [0.2, 0.25) is 25.7 Å². The fourth-order valence-corrected chi connectivity index (χ4v) is 4.32. The second-order valence-corrected chi connectivity index (χ2v) is 12.0. The van der Waals surface area contributed by atoms with Crippen LogP contribution in [0.15, 0.2) is 12.2 Å². The molecule has 0 aliphatic carbocycles. The molecule has 2 heteroatoms. The van der Waals surface area contributed by atoms with Gasteiger partial charge in [-0.15, -0.1) is 0 Å². The number of hydrogen-bond donors (Lipinski definition) is 1. The first-order valence-electron chi connectivity index (χ1n) is 6.22. The van der Waals surface area contributed by atoms with Gasteiger partial charge in [-0.25, -0.2) is 0 Å². The standard InChI is InChI=1S/C13H27NSi/c1-10(2)13-12(7-8-14-13)11(3)9-15(4,5)6/h10,12-14H,3,7-9H2,1-2,4-6H3/t12-,13-/m1/s1. The summed E-state index contributed by atoms with van der Waals surface area (Å²) in [6, 6.07) is 1.97. The zero-order chi connectivity index (χ0) is 11.6. The van der Waals surface area contributed by atoms with Gasteiger partial charge in [0.05, 0.1) is 0 Å². The minimum Gasteiger partial charge on any atom is -0.313 e. The maximum absolute atomic E-state index is 4.35. The summed E-state index contributed by atoms with van der Waals surface area (Å²) >= 11 is 0. The van der Waals surface area contributed by atoms with Crippen molar-refractivity contribution in [1.82, 2.24) is 5.32 Å². The zero-order valence-electron chi connectivity index (χ0n) is 11.1. The van der Waals surface area contributed by atoms with Crippen molar-refractivity contribution in [3.8, 4) is 0 Å². The molecular formula is C13H27NSi. The highest BCUT2D eigenvalue weighted by molar-refractivity contribution is 6.76. The number of rotatable bonds is 4. The molecule has 1 aliphatic heterocycles. The first-order chi connectivity index (χ1) is 6.81. The van der Waals surface area contributed by atoms with E-state index >= 15 is 0 Å². The minimum absolute atomic E-state index is 0.675. The van der Waals surface area contributed by atoms with Crippen LogP contribution in [0.5, 0.6) is 0 Å². The van der Waals surface area contributed by atoms with Crippen molar-refractivity contribution in [2.75, 3.05) is 6.54 Å². The summed E-state index contributed by atoms with van der Waals surface area (Å²) in [6.45, 7) is 17.5. The molecule has 1 aliphatic rings. The van der Waals surface area contributed by atoms with Gasteiger partial charge in [-0.05, 0) is 30.8 Å². The Balaban J connectivity index is 2.59. The van der Waals surface area contributed by atoms with Gasteiger partial charge >= 0.3 is 0 Å². The van der Waals surface area contributed by atoms with Gasteiger partial charge < -0.3 is 5.32 Å². The molecule has 1 heterocycles. The van der Waals surface area contributed by atoms with Crippen LogP contribution >= 0.6 is 0 Å². The number of nitrogens with one attached hydrogen (secondary N) is 1. The van der Waals surface area contributed by atoms with Gasteiger partial charge in [-0.1, -0.05) is 45.6 Å². The van der Waals surface area contributed by atoms with Crippen molar-refractivity contribution >= 4 is 8.07 Å². The summed E-state index contributed by atoms with van der Waals surface area (Å²) in [5.41, 5.74) is 1.51. The fourth-order valence-electron chi connectivity index (χ4n) is 2.70. The Morgan fingerprint density at radius 1 is 1.40 bits per heavy atom. The van der Waals surface area contributed by atoms with Crippen molar-refractivity contribution in [3.05, 3.63) is 12.2 Å². The molecular weight excluding hydrogens is 198 g/mol. The summed E-state index contributed by atoms with van der Waals surface area (Å²) in [7, 11) is -0.980. The second kappa shape index (κ2) is 4.83. The molecule has 0 spiro atoms. The van der Waals surface area contributed by atoms with Gasteiger partial charge in [0, 0.05) is 14.1 Å². The molecule has 0 aromatic rings. The average Bonchev–Trinajstić information content (AvgIpc) is 2.47. The first kappa shape index (κ1) is 13.0. The third-order valence-corrected chi connectivity index (χ3v) is 4.78. The van der Waals surface area contributed by atoms with Crippen LogP contribution < -0.4 is 5.32 Å². The Bertz CT molecular complexity index is 227. The van der Waals surface area contributed by atoms with E-state index in [4.69, 9.17) is 0 Å². The minimum atomic E-state index is -0.980. The van der Waals surface area contributed by atoms with Crippen LogP contribution in [0.25, 0.3) is 0 Å². The Kier molecular flexibility index (Phi) is 4.18. The average molecular weight is 225 g/mol. The summed E-state index contributed by atoms with van der Waals surface area (Å²) in [5, 5.41) is 3.63. The van der Waals surface area contributed by atoms with E-state index in [9.17, 15) is 0 Å². The van der Waals surface area contributed by atoms with E-state index in [0.717, 1.165) is 11.8 Å². The molecule has 0 amide bonds. The van der Waals surface area contributed by atoms with Gasteiger partial charge in [-0.2, -0.15) is 0 Å². The summed E-state index contributed by atoms with van der Waals surface area (Å²) in [6.07, 6.45) is 1.30. The first-order valence-corrected chi connectivity index (χ1v) is 9.93. The molecule has 0 aromatic heterocycles. The van der Waals surface area contributed by atoms with Gasteiger partial charge in [0.15, 0.2) is 0 Å². The van der Waals surface area contributed by atoms with Crippen LogP contribution in [0.1, 0.15) is 20.3 Å². The molecule has 0 aromatic carbocycles. The van der Waals surface area contributed by atoms with Crippen LogP contribution in [0.3, 0.4) is 0 Å². The van der Waals surface area contributed by atoms with E-state index in [1.165, 1.54) is 24.6 Å². The van der Waals surface area contributed by atoms with Crippen LogP contribution in [-0.2, 0) is 0 Å². The molecule has 0 saturated carbocycles. The van der Waals surface area contributed by atoms with Gasteiger partial charge in [0.25, 0.3) is 0 Å². The quantitative estimate of drug-likeness (QED) is 0.570. The molecule has 0 bridgehead atoms. The molecule has 88 valence electrons. The van der Waals surface area contributed by atoms with Crippen molar-refractivity contribution < 1.29 is 0 Å². The summed E-state index contributed by atoms with van der Waals surface area (Å²) in [4.78, 5) is 0. The normalized spacial score (nSPS) is 27.3. The van der Waals surface area contributed by atoms with E-state index in [-0.39, 0.29) is 0 Å². The monoisotopic (exact) mass is 225 g/mol. The molecule has 1 N–H and O–H groups in total. The van der Waals surface area contributed by atoms with Crippen molar-refractivity contribution in [2.45, 2.75) is 52.0 Å². The van der Waals surface area contributed by atoms with Gasteiger partial charge in [-0.3, -0.25) is 0 Å². The lowest BCUT2D eigenvalue weighted by molar-refractivity contribution is 0.388. The predicted molar refractivity (Wildman–Crippen MR) is 72.0 cm³/mol. The SMILES string of the molecule is C=C(C[Si](C)(C)C)[C@H]1CCN[C@@H]1C(C)C. The molecule has 1 fully saturated rings. The zero-order valence-corrected chi connectivity index (χ0v) is 12.1. The highest BCUT2D eigenvalue weighted by atomic mass is 28.3. The lowest BCUT2D eigenvalue weighted by Gasteiger charge is -2.28. The van der Waals surface area contributed by atoms with Crippen molar-refractivity contribution in [2.24, 2.45) is 11.8 Å². The fraction of sp³-hybridized carbons (Fsp3) is 0.846. The van der Waals surface area contributed by atoms with E-state index in [1.807, 2.05) is 0 Å². The molecule has 1 rings (SSSR count). The van der Waals surface area contributed by atoms with Gasteiger partial charge in [0.1, 0.15) is 0 Å². The van der Waals surface area contributed by atoms with E-state index in [2.05, 4.69) is 45.4 Å². The van der Waals surface area contributed by atoms with Gasteiger partial charge in [0.2, 0.25) is 0 Å². The highest BCUT2D eigenvalue weighted by Gasteiger charge is 2.32. The largest absolute Gasteiger partial charge is 0.313 e. The van der Waals surface area contributed by atoms with Crippen molar-refractivity contribution in [3.63, 3.8) is 0 Å². The smallest absolute Gasteiger partial charge is 0.0483 e. The van der Waals surface area contributed by atoms with E-state index in [1.54, 1.807) is 0 Å². The lowest BCUT2D eigenvalue weighted by atomic mass is 9.87. The van der Waals surface area contributed by atoms with Crippen LogP contribution in [0.4, 0.5) is 0 Å². The van der Waals surface area contributed by atoms with Crippen LogP contribution in [0, 0.1) is 11.8 Å². The molecule has 0 radical (unpaired) electrons. The Labute approximate surface area is 96.4 Å². The lowest BCUT2D eigenvalue weighted by Crippen LogP contribution is -2.34. The van der Waals surface area contributed by atoms with E-state index in [0.29, 0.717) is 6.04 Å². The second-order valence-electron chi connectivity index (χ2n) is 6.51. The third kappa shape index (κ3) is 3.76. The maximum atomic E-state index is 4.35. The molecule has 2 atom stereocenters. The Morgan fingerprint density at radius 3 is 2.47 bits per heavy atom. The topological polar surface area (TPSA) is 12.0 Å². The predicted octanol–water partition coefficient (Wildman–Crippen LogP) is 3.51. The van der Waals surface area contributed by atoms with Crippen molar-refractivity contribution in [1.29, 1.82) is 0 Å². The summed E-state index contributed by atoms with van der Waals surface area (Å²) in [5.74, 6) is 1.47. The molecule has 1 nitrogen and oxygen atoms in total.